The maximum absolute atomic E-state index is 5.34. The molecule has 0 saturated carbocycles. The molecule has 0 atom stereocenters. The maximum atomic E-state index is 5.34. The molecule has 8 aromatic carbocycles. The van der Waals surface area contributed by atoms with Gasteiger partial charge in [0.15, 0.2) is 0 Å². The van der Waals surface area contributed by atoms with Crippen molar-refractivity contribution >= 4 is 92.0 Å². The van der Waals surface area contributed by atoms with Gasteiger partial charge in [0.05, 0.1) is 22.2 Å². The Bertz CT molecular complexity index is 3210. The second-order valence-electron chi connectivity index (χ2n) is 13.2. The Kier molecular flexibility index (Phi) is 6.07. The van der Waals surface area contributed by atoms with E-state index in [1.807, 2.05) is 6.07 Å². The minimum Gasteiger partial charge on any atom is -0.354 e. The second-order valence-corrected chi connectivity index (χ2v) is 14.1. The van der Waals surface area contributed by atoms with Crippen LogP contribution in [0.2, 0.25) is 0 Å². The van der Waals surface area contributed by atoms with Gasteiger partial charge in [0, 0.05) is 53.4 Å². The molecule has 0 aliphatic rings. The van der Waals surface area contributed by atoms with Crippen LogP contribution in [0.5, 0.6) is 0 Å². The minimum absolute atomic E-state index is 0.663. The highest BCUT2D eigenvalue weighted by molar-refractivity contribution is 9.10. The van der Waals surface area contributed by atoms with Crippen LogP contribution in [0.25, 0.3) is 104 Å². The van der Waals surface area contributed by atoms with Gasteiger partial charge in [-0.3, -0.25) is 4.57 Å². The van der Waals surface area contributed by atoms with Gasteiger partial charge in [0.1, 0.15) is 0 Å². The van der Waals surface area contributed by atoms with Gasteiger partial charge in [-0.25, -0.2) is 9.97 Å². The first-order chi connectivity index (χ1) is 25.2. The van der Waals surface area contributed by atoms with Crippen LogP contribution in [0.3, 0.4) is 0 Å². The van der Waals surface area contributed by atoms with E-state index < -0.39 is 0 Å². The summed E-state index contributed by atoms with van der Waals surface area (Å²) in [6.07, 6.45) is 0. The molecule has 0 unspecified atom stereocenters. The number of para-hydroxylation sites is 1. The first-order valence-electron chi connectivity index (χ1n) is 17.1. The first-order valence-corrected chi connectivity index (χ1v) is 17.9. The van der Waals surface area contributed by atoms with Gasteiger partial charge < -0.3 is 4.98 Å². The van der Waals surface area contributed by atoms with Crippen molar-refractivity contribution in [1.29, 1.82) is 0 Å². The van der Waals surface area contributed by atoms with E-state index in [1.54, 1.807) is 0 Å². The Morgan fingerprint density at radius 3 is 2.06 bits per heavy atom. The lowest BCUT2D eigenvalue weighted by Gasteiger charge is -2.13. The molecule has 1 N–H and O–H groups in total. The normalized spacial score (nSPS) is 12.0. The van der Waals surface area contributed by atoms with Crippen molar-refractivity contribution in [1.82, 2.24) is 19.5 Å². The van der Waals surface area contributed by atoms with Crippen LogP contribution in [0, 0.1) is 0 Å². The van der Waals surface area contributed by atoms with E-state index in [0.717, 1.165) is 59.5 Å². The lowest BCUT2D eigenvalue weighted by molar-refractivity contribution is 1.02. The van der Waals surface area contributed by atoms with E-state index in [4.69, 9.17) is 9.97 Å². The molecule has 11 rings (SSSR count). The van der Waals surface area contributed by atoms with Crippen molar-refractivity contribution in [3.8, 4) is 28.3 Å². The highest BCUT2D eigenvalue weighted by atomic mass is 79.9. The van der Waals surface area contributed by atoms with E-state index >= 15 is 0 Å². The van der Waals surface area contributed by atoms with Crippen molar-refractivity contribution in [2.24, 2.45) is 0 Å². The van der Waals surface area contributed by atoms with Crippen molar-refractivity contribution in [2.45, 2.75) is 0 Å². The van der Waals surface area contributed by atoms with Gasteiger partial charge in [0.25, 0.3) is 0 Å². The van der Waals surface area contributed by atoms with Gasteiger partial charge >= 0.3 is 0 Å². The Labute approximate surface area is 300 Å². The number of rotatable bonds is 3. The summed E-state index contributed by atoms with van der Waals surface area (Å²) in [5, 5.41) is 10.5. The van der Waals surface area contributed by atoms with E-state index in [0.29, 0.717) is 5.95 Å². The Balaban J connectivity index is 1.14. The molecule has 11 aromatic rings. The second kappa shape index (κ2) is 10.8. The summed E-state index contributed by atoms with van der Waals surface area (Å²) in [6, 6.07) is 56.3. The number of benzene rings is 8. The Morgan fingerprint density at radius 1 is 0.431 bits per heavy atom. The lowest BCUT2D eigenvalue weighted by atomic mass is 10.00. The number of hydrogen-bond acceptors (Lipinski definition) is 2. The van der Waals surface area contributed by atoms with Crippen molar-refractivity contribution in [3.05, 3.63) is 162 Å². The number of nitrogens with one attached hydrogen (secondary N) is 1. The van der Waals surface area contributed by atoms with E-state index in [2.05, 4.69) is 177 Å². The monoisotopic (exact) mass is 714 g/mol. The fourth-order valence-electron chi connectivity index (χ4n) is 7.95. The predicted molar refractivity (Wildman–Crippen MR) is 217 cm³/mol. The molecular weight excluding hydrogens is 688 g/mol. The number of aromatic nitrogens is 4. The first kappa shape index (κ1) is 28.5. The largest absolute Gasteiger partial charge is 0.354 e. The van der Waals surface area contributed by atoms with Crippen LogP contribution in [0.1, 0.15) is 0 Å². The van der Waals surface area contributed by atoms with Crippen LogP contribution in [-0.4, -0.2) is 19.5 Å². The highest BCUT2D eigenvalue weighted by Crippen LogP contribution is 2.39. The smallest absolute Gasteiger partial charge is 0.235 e. The molecule has 0 aliphatic heterocycles. The third kappa shape index (κ3) is 4.32. The van der Waals surface area contributed by atoms with E-state index in [1.165, 1.54) is 43.4 Å². The standard InChI is InChI=1S/C46H27BrN4/c47-39-15-8-12-31-25-37-36-23-29(18-21-40(36)48-41(37)26-35(31)39)30-19-22-43-38(24-30)33-14-6-7-16-42(33)51(43)46-49-44(28-10-2-1-3-11-28)34-20-17-27-9-4-5-13-32(27)45(34)50-46/h1-26,48H. The average molecular weight is 716 g/mol. The van der Waals surface area contributed by atoms with Crippen LogP contribution in [0.15, 0.2) is 162 Å². The minimum atomic E-state index is 0.663. The van der Waals surface area contributed by atoms with Crippen molar-refractivity contribution in [3.63, 3.8) is 0 Å². The van der Waals surface area contributed by atoms with Gasteiger partial charge in [-0.2, -0.15) is 0 Å². The zero-order valence-electron chi connectivity index (χ0n) is 27.2. The summed E-state index contributed by atoms with van der Waals surface area (Å²) in [6.45, 7) is 0. The molecule has 3 heterocycles. The summed E-state index contributed by atoms with van der Waals surface area (Å²) in [4.78, 5) is 14.3. The SMILES string of the molecule is Brc1cccc2cc3c(cc12)[nH]c1ccc(-c2ccc4c(c2)c2ccccc2n4-c2nc(-c4ccccc4)c4ccc5ccccc5c4n2)cc13. The topological polar surface area (TPSA) is 46.5 Å². The van der Waals surface area contributed by atoms with Gasteiger partial charge in [0.2, 0.25) is 5.95 Å². The molecule has 0 radical (unpaired) electrons. The van der Waals surface area contributed by atoms with Crippen molar-refractivity contribution in [2.75, 3.05) is 0 Å². The van der Waals surface area contributed by atoms with Crippen LogP contribution in [0.4, 0.5) is 0 Å². The molecule has 0 bridgehead atoms. The van der Waals surface area contributed by atoms with E-state index in [9.17, 15) is 0 Å². The molecule has 3 aromatic heterocycles. The summed E-state index contributed by atoms with van der Waals surface area (Å²) < 4.78 is 3.33. The molecule has 0 fully saturated rings. The average Bonchev–Trinajstić information content (AvgIpc) is 3.71. The molecule has 51 heavy (non-hydrogen) atoms. The number of H-pyrrole nitrogens is 1. The lowest BCUT2D eigenvalue weighted by Crippen LogP contribution is -2.03. The van der Waals surface area contributed by atoms with Crippen LogP contribution >= 0.6 is 15.9 Å². The molecule has 0 saturated heterocycles. The summed E-state index contributed by atoms with van der Waals surface area (Å²) >= 11 is 3.73. The number of hydrogen-bond donors (Lipinski definition) is 1. The molecular formula is C46H27BrN4. The summed E-state index contributed by atoms with van der Waals surface area (Å²) in [5.74, 6) is 0.663. The van der Waals surface area contributed by atoms with Gasteiger partial charge in [-0.05, 0) is 81.9 Å². The quantitative estimate of drug-likeness (QED) is 0.185. The summed E-state index contributed by atoms with van der Waals surface area (Å²) in [5.41, 5.74) is 9.71. The van der Waals surface area contributed by atoms with Gasteiger partial charge in [-0.15, -0.1) is 0 Å². The molecule has 0 aliphatic carbocycles. The third-order valence-corrected chi connectivity index (χ3v) is 11.1. The zero-order chi connectivity index (χ0) is 33.6. The number of fused-ring (bicyclic) bond motifs is 10. The molecule has 0 amide bonds. The third-order valence-electron chi connectivity index (χ3n) is 10.4. The highest BCUT2D eigenvalue weighted by Gasteiger charge is 2.19. The van der Waals surface area contributed by atoms with Gasteiger partial charge in [-0.1, -0.05) is 119 Å². The molecule has 5 heteroatoms. The fourth-order valence-corrected chi connectivity index (χ4v) is 8.45. The zero-order valence-corrected chi connectivity index (χ0v) is 28.8. The number of halogens is 1. The predicted octanol–water partition coefficient (Wildman–Crippen LogP) is 12.8. The Hall–Kier alpha value is -6.30. The molecule has 4 nitrogen and oxygen atoms in total. The van der Waals surface area contributed by atoms with Crippen molar-refractivity contribution < 1.29 is 0 Å². The molecule has 238 valence electrons. The number of aromatic amines is 1. The molecule has 0 spiro atoms. The van der Waals surface area contributed by atoms with Crippen LogP contribution in [-0.2, 0) is 0 Å². The fraction of sp³-hybridized carbons (Fsp3) is 0. The van der Waals surface area contributed by atoms with Crippen LogP contribution < -0.4 is 0 Å². The van der Waals surface area contributed by atoms with E-state index in [-0.39, 0.29) is 0 Å². The maximum Gasteiger partial charge on any atom is 0.235 e. The summed E-state index contributed by atoms with van der Waals surface area (Å²) in [7, 11) is 0. The Morgan fingerprint density at radius 2 is 1.16 bits per heavy atom. The number of nitrogens with zero attached hydrogens (tertiary/aromatic N) is 3.